The third kappa shape index (κ3) is 2.27. The van der Waals surface area contributed by atoms with E-state index in [1.807, 2.05) is 0 Å². The normalized spacial score (nSPS) is 18.6. The van der Waals surface area contributed by atoms with Crippen LogP contribution in [0.25, 0.3) is 0 Å². The summed E-state index contributed by atoms with van der Waals surface area (Å²) >= 11 is 5.60. The van der Waals surface area contributed by atoms with E-state index >= 15 is 0 Å². The highest BCUT2D eigenvalue weighted by Crippen LogP contribution is 2.30. The van der Waals surface area contributed by atoms with Gasteiger partial charge in [0.1, 0.15) is 0 Å². The molecular weight excluding hydrogens is 200 g/mol. The van der Waals surface area contributed by atoms with Gasteiger partial charge in [-0.3, -0.25) is 0 Å². The van der Waals surface area contributed by atoms with Crippen LogP contribution in [-0.2, 0) is 6.42 Å². The van der Waals surface area contributed by atoms with E-state index in [0.717, 1.165) is 5.82 Å². The Labute approximate surface area is 88.8 Å². The predicted molar refractivity (Wildman–Crippen MR) is 54.5 cm³/mol. The van der Waals surface area contributed by atoms with Gasteiger partial charge in [0.25, 0.3) is 0 Å². The maximum Gasteiger partial charge on any atom is 0.227 e. The molecule has 78 valence electrons. The summed E-state index contributed by atoms with van der Waals surface area (Å²) in [5, 5.41) is 4.01. The minimum absolute atomic E-state index is 0.525. The van der Waals surface area contributed by atoms with Crippen LogP contribution in [0.2, 0.25) is 0 Å². The summed E-state index contributed by atoms with van der Waals surface area (Å²) in [6.45, 7) is 0. The van der Waals surface area contributed by atoms with Gasteiger partial charge >= 0.3 is 0 Å². The topological polar surface area (TPSA) is 38.9 Å². The van der Waals surface area contributed by atoms with Crippen molar-refractivity contribution in [2.75, 3.05) is 5.88 Å². The van der Waals surface area contributed by atoms with E-state index in [2.05, 4.69) is 10.1 Å². The van der Waals surface area contributed by atoms with Crippen LogP contribution in [-0.4, -0.2) is 16.0 Å². The van der Waals surface area contributed by atoms with Gasteiger partial charge in [-0.2, -0.15) is 4.98 Å². The van der Waals surface area contributed by atoms with Crippen LogP contribution in [0.1, 0.15) is 49.7 Å². The SMILES string of the molecule is ClCCc1nc(C2CCCCC2)no1. The highest BCUT2D eigenvalue weighted by atomic mass is 35.5. The summed E-state index contributed by atoms with van der Waals surface area (Å²) in [7, 11) is 0. The molecule has 1 aliphatic rings. The molecule has 1 heterocycles. The quantitative estimate of drug-likeness (QED) is 0.727. The molecule has 0 bridgehead atoms. The van der Waals surface area contributed by atoms with E-state index in [9.17, 15) is 0 Å². The standard InChI is InChI=1S/C10H15ClN2O/c11-7-6-9-12-10(13-14-9)8-4-2-1-3-5-8/h8H,1-7H2. The van der Waals surface area contributed by atoms with Crippen LogP contribution >= 0.6 is 11.6 Å². The van der Waals surface area contributed by atoms with Gasteiger partial charge in [0.15, 0.2) is 5.82 Å². The van der Waals surface area contributed by atoms with Crippen molar-refractivity contribution < 1.29 is 4.52 Å². The first-order valence-corrected chi connectivity index (χ1v) is 5.82. The zero-order chi connectivity index (χ0) is 9.80. The molecule has 0 aromatic carbocycles. The van der Waals surface area contributed by atoms with Crippen LogP contribution < -0.4 is 0 Å². The molecule has 1 aromatic heterocycles. The van der Waals surface area contributed by atoms with Crippen molar-refractivity contribution >= 4 is 11.6 Å². The Morgan fingerprint density at radius 3 is 2.79 bits per heavy atom. The van der Waals surface area contributed by atoms with Gasteiger partial charge in [-0.25, -0.2) is 0 Å². The fourth-order valence-electron chi connectivity index (χ4n) is 1.98. The lowest BCUT2D eigenvalue weighted by molar-refractivity contribution is 0.360. The molecule has 2 rings (SSSR count). The largest absolute Gasteiger partial charge is 0.339 e. The van der Waals surface area contributed by atoms with Crippen LogP contribution in [0, 0.1) is 0 Å². The molecule has 0 saturated heterocycles. The maximum atomic E-state index is 5.60. The van der Waals surface area contributed by atoms with Gasteiger partial charge < -0.3 is 4.52 Å². The lowest BCUT2D eigenvalue weighted by Crippen LogP contribution is -2.06. The maximum absolute atomic E-state index is 5.60. The molecule has 1 aromatic rings. The van der Waals surface area contributed by atoms with Crippen molar-refractivity contribution in [2.24, 2.45) is 0 Å². The Morgan fingerprint density at radius 1 is 1.29 bits per heavy atom. The molecule has 0 amide bonds. The van der Waals surface area contributed by atoms with Gasteiger partial charge in [-0.05, 0) is 12.8 Å². The second kappa shape index (κ2) is 4.78. The molecular formula is C10H15ClN2O. The molecule has 0 spiro atoms. The van der Waals surface area contributed by atoms with Crippen LogP contribution in [0.15, 0.2) is 4.52 Å². The molecule has 0 aliphatic heterocycles. The number of hydrogen-bond acceptors (Lipinski definition) is 3. The zero-order valence-corrected chi connectivity index (χ0v) is 8.96. The molecule has 0 atom stereocenters. The number of rotatable bonds is 3. The third-order valence-electron chi connectivity index (χ3n) is 2.76. The molecule has 4 heteroatoms. The first-order chi connectivity index (χ1) is 6.90. The molecule has 1 saturated carbocycles. The lowest BCUT2D eigenvalue weighted by atomic mass is 9.89. The number of hydrogen-bond donors (Lipinski definition) is 0. The van der Waals surface area contributed by atoms with Crippen LogP contribution in [0.4, 0.5) is 0 Å². The highest BCUT2D eigenvalue weighted by molar-refractivity contribution is 6.17. The monoisotopic (exact) mass is 214 g/mol. The molecule has 0 unspecified atom stereocenters. The van der Waals surface area contributed by atoms with E-state index in [0.29, 0.717) is 24.1 Å². The molecule has 1 fully saturated rings. The second-order valence-corrected chi connectivity index (χ2v) is 4.20. The average molecular weight is 215 g/mol. The second-order valence-electron chi connectivity index (χ2n) is 3.82. The van der Waals surface area contributed by atoms with Crippen molar-refractivity contribution in [1.82, 2.24) is 10.1 Å². The summed E-state index contributed by atoms with van der Waals surface area (Å²) < 4.78 is 5.11. The van der Waals surface area contributed by atoms with E-state index in [1.165, 1.54) is 32.1 Å². The fourth-order valence-corrected chi connectivity index (χ4v) is 2.14. The predicted octanol–water partition coefficient (Wildman–Crippen LogP) is 2.90. The highest BCUT2D eigenvalue weighted by Gasteiger charge is 2.20. The summed E-state index contributed by atoms with van der Waals surface area (Å²) in [6.07, 6.45) is 7.04. The van der Waals surface area contributed by atoms with Gasteiger partial charge in [0, 0.05) is 18.2 Å². The van der Waals surface area contributed by atoms with Crippen molar-refractivity contribution in [3.8, 4) is 0 Å². The lowest BCUT2D eigenvalue weighted by Gasteiger charge is -2.17. The number of nitrogens with zero attached hydrogens (tertiary/aromatic N) is 2. The van der Waals surface area contributed by atoms with Gasteiger partial charge in [-0.15, -0.1) is 11.6 Å². The van der Waals surface area contributed by atoms with E-state index in [-0.39, 0.29) is 0 Å². The summed E-state index contributed by atoms with van der Waals surface area (Å²) in [5.74, 6) is 2.65. The van der Waals surface area contributed by atoms with Crippen molar-refractivity contribution in [3.63, 3.8) is 0 Å². The van der Waals surface area contributed by atoms with E-state index < -0.39 is 0 Å². The van der Waals surface area contributed by atoms with Crippen molar-refractivity contribution in [1.29, 1.82) is 0 Å². The fraction of sp³-hybridized carbons (Fsp3) is 0.800. The minimum Gasteiger partial charge on any atom is -0.339 e. The summed E-state index contributed by atoms with van der Waals surface area (Å²) in [6, 6.07) is 0. The summed E-state index contributed by atoms with van der Waals surface area (Å²) in [5.41, 5.74) is 0. The zero-order valence-electron chi connectivity index (χ0n) is 8.21. The van der Waals surface area contributed by atoms with Crippen LogP contribution in [0.5, 0.6) is 0 Å². The Bertz CT molecular complexity index is 281. The Hall–Kier alpha value is -0.570. The average Bonchev–Trinajstić information content (AvgIpc) is 2.68. The summed E-state index contributed by atoms with van der Waals surface area (Å²) in [4.78, 5) is 4.36. The molecule has 1 aliphatic carbocycles. The molecule has 0 N–H and O–H groups in total. The number of halogens is 1. The van der Waals surface area contributed by atoms with E-state index in [4.69, 9.17) is 16.1 Å². The van der Waals surface area contributed by atoms with Gasteiger partial charge in [0.2, 0.25) is 5.89 Å². The Kier molecular flexibility index (Phi) is 3.40. The number of aromatic nitrogens is 2. The molecule has 0 radical (unpaired) electrons. The van der Waals surface area contributed by atoms with Crippen LogP contribution in [0.3, 0.4) is 0 Å². The van der Waals surface area contributed by atoms with Crippen molar-refractivity contribution in [2.45, 2.75) is 44.4 Å². The molecule has 3 nitrogen and oxygen atoms in total. The van der Waals surface area contributed by atoms with Gasteiger partial charge in [0.05, 0.1) is 0 Å². The Morgan fingerprint density at radius 2 is 2.07 bits per heavy atom. The molecule has 14 heavy (non-hydrogen) atoms. The Balaban J connectivity index is 2.00. The third-order valence-corrected chi connectivity index (χ3v) is 2.95. The first-order valence-electron chi connectivity index (χ1n) is 5.28. The van der Waals surface area contributed by atoms with Gasteiger partial charge in [-0.1, -0.05) is 24.4 Å². The van der Waals surface area contributed by atoms with Crippen molar-refractivity contribution in [3.05, 3.63) is 11.7 Å². The smallest absolute Gasteiger partial charge is 0.227 e. The first kappa shape index (κ1) is 9.97. The van der Waals surface area contributed by atoms with E-state index in [1.54, 1.807) is 0 Å². The number of alkyl halides is 1. The number of aryl methyl sites for hydroxylation is 1. The minimum atomic E-state index is 0.525.